The number of hydrogen-bond acceptors (Lipinski definition) is 4. The molecule has 2 aromatic heterocycles. The first-order chi connectivity index (χ1) is 12.2. The number of nitrogens with one attached hydrogen (secondary N) is 2. The van der Waals surface area contributed by atoms with Gasteiger partial charge in [0.15, 0.2) is 11.8 Å². The third kappa shape index (κ3) is 5.42. The van der Waals surface area contributed by atoms with Gasteiger partial charge >= 0.3 is 0 Å². The monoisotopic (exact) mass is 488 g/mol. The number of hydrogen-bond donors (Lipinski definition) is 2. The van der Waals surface area contributed by atoms with Crippen LogP contribution in [0.5, 0.6) is 0 Å². The van der Waals surface area contributed by atoms with E-state index >= 15 is 0 Å². The molecule has 2 unspecified atom stereocenters. The molecule has 2 N–H and O–H groups in total. The van der Waals surface area contributed by atoms with Crippen LogP contribution in [0.1, 0.15) is 50.3 Å². The number of aliphatic imine (C=N–C) groups is 1. The minimum Gasteiger partial charge on any atom is -0.357 e. The summed E-state index contributed by atoms with van der Waals surface area (Å²) in [4.78, 5) is 9.38. The predicted octanol–water partition coefficient (Wildman–Crippen LogP) is 3.19. The van der Waals surface area contributed by atoms with Crippen LogP contribution in [0.15, 0.2) is 21.8 Å². The zero-order valence-electron chi connectivity index (χ0n) is 15.7. The topological polar surface area (TPSA) is 67.1 Å². The molecule has 0 fully saturated rings. The zero-order valence-corrected chi connectivity index (χ0v) is 18.9. The summed E-state index contributed by atoms with van der Waals surface area (Å²) in [5, 5.41) is 15.9. The summed E-state index contributed by atoms with van der Waals surface area (Å²) in [6.45, 7) is 8.93. The molecule has 0 saturated heterocycles. The molecule has 0 saturated carbocycles. The Morgan fingerprint density at radius 1 is 1.46 bits per heavy atom. The number of rotatable bonds is 6. The van der Waals surface area contributed by atoms with E-state index in [4.69, 9.17) is 4.99 Å². The van der Waals surface area contributed by atoms with Gasteiger partial charge in [0.25, 0.3) is 0 Å². The van der Waals surface area contributed by atoms with E-state index in [9.17, 15) is 0 Å². The van der Waals surface area contributed by atoms with E-state index in [-0.39, 0.29) is 24.0 Å². The first-order valence-electron chi connectivity index (χ1n) is 9.19. The highest BCUT2D eigenvalue weighted by atomic mass is 127. The molecule has 3 rings (SSSR count). The van der Waals surface area contributed by atoms with Crippen LogP contribution in [0.3, 0.4) is 0 Å². The van der Waals surface area contributed by atoms with Crippen LogP contribution in [0, 0.1) is 0 Å². The van der Waals surface area contributed by atoms with Gasteiger partial charge in [0.1, 0.15) is 5.82 Å². The number of nitrogens with zero attached hydrogens (tertiary/aromatic N) is 4. The molecule has 6 nitrogen and oxygen atoms in total. The lowest BCUT2D eigenvalue weighted by molar-refractivity contribution is 0.392. The lowest BCUT2D eigenvalue weighted by atomic mass is 10.1. The van der Waals surface area contributed by atoms with Crippen LogP contribution in [-0.4, -0.2) is 39.9 Å². The van der Waals surface area contributed by atoms with Crippen LogP contribution >= 0.6 is 35.3 Å². The fourth-order valence-electron chi connectivity index (χ4n) is 3.03. The Kier molecular flexibility index (Phi) is 8.33. The van der Waals surface area contributed by atoms with Crippen molar-refractivity contribution in [2.75, 3.05) is 13.1 Å². The van der Waals surface area contributed by atoms with E-state index in [2.05, 4.69) is 63.0 Å². The molecule has 1 aliphatic heterocycles. The predicted molar refractivity (Wildman–Crippen MR) is 119 cm³/mol. The number of thiophene rings is 1. The van der Waals surface area contributed by atoms with Crippen molar-refractivity contribution in [3.05, 3.63) is 34.0 Å². The summed E-state index contributed by atoms with van der Waals surface area (Å²) < 4.78 is 2.05. The van der Waals surface area contributed by atoms with Crippen molar-refractivity contribution in [1.82, 2.24) is 25.4 Å². The minimum atomic E-state index is 0. The average molecular weight is 488 g/mol. The summed E-state index contributed by atoms with van der Waals surface area (Å²) in [6, 6.07) is 2.53. The largest absolute Gasteiger partial charge is 0.357 e. The summed E-state index contributed by atoms with van der Waals surface area (Å²) in [5.74, 6) is 3.39. The van der Waals surface area contributed by atoms with Gasteiger partial charge in [-0.15, -0.1) is 24.0 Å². The van der Waals surface area contributed by atoms with Gasteiger partial charge < -0.3 is 10.6 Å². The second-order valence-electron chi connectivity index (χ2n) is 6.54. The molecule has 1 aliphatic rings. The first kappa shape index (κ1) is 21.1. The van der Waals surface area contributed by atoms with Crippen molar-refractivity contribution in [2.24, 2.45) is 4.99 Å². The van der Waals surface area contributed by atoms with Crippen LogP contribution < -0.4 is 10.6 Å². The van der Waals surface area contributed by atoms with Crippen molar-refractivity contribution in [3.8, 4) is 0 Å². The van der Waals surface area contributed by atoms with E-state index in [1.54, 1.807) is 11.3 Å². The van der Waals surface area contributed by atoms with Gasteiger partial charge in [0.2, 0.25) is 0 Å². The Morgan fingerprint density at radius 3 is 3.00 bits per heavy atom. The first-order valence-corrected chi connectivity index (χ1v) is 10.1. The third-order valence-corrected chi connectivity index (χ3v) is 5.24. The molecule has 2 atom stereocenters. The van der Waals surface area contributed by atoms with Crippen LogP contribution in [0.25, 0.3) is 0 Å². The van der Waals surface area contributed by atoms with Gasteiger partial charge in [-0.3, -0.25) is 4.99 Å². The Balaban J connectivity index is 0.00000243. The highest BCUT2D eigenvalue weighted by molar-refractivity contribution is 14.0. The highest BCUT2D eigenvalue weighted by Crippen LogP contribution is 2.18. The Hall–Kier alpha value is -1.16. The van der Waals surface area contributed by atoms with Gasteiger partial charge in [-0.1, -0.05) is 13.8 Å². The fourth-order valence-corrected chi connectivity index (χ4v) is 3.81. The van der Waals surface area contributed by atoms with E-state index < -0.39 is 0 Å². The number of aromatic nitrogens is 3. The molecule has 2 aromatic rings. The molecule has 0 amide bonds. The molecular weight excluding hydrogens is 459 g/mol. The highest BCUT2D eigenvalue weighted by Gasteiger charge is 2.22. The van der Waals surface area contributed by atoms with Crippen LogP contribution in [0.2, 0.25) is 0 Å². The van der Waals surface area contributed by atoms with E-state index in [1.165, 1.54) is 5.56 Å². The molecule has 144 valence electrons. The van der Waals surface area contributed by atoms with Crippen molar-refractivity contribution in [1.29, 1.82) is 0 Å². The SMILES string of the molecule is CCNC(=NCC(C)c1ccsc1)NC1CCc2nc(CC)nn2C1.I. The molecule has 0 aromatic carbocycles. The standard InChI is InChI=1S/C18H28N6S.HI/c1-4-16-22-17-7-6-15(11-24(17)23-16)21-18(19-5-2)20-10-13(3)14-8-9-25-12-14;/h8-9,12-13,15H,4-7,10-11H2,1-3H3,(H2,19,20,21);1H. The van der Waals surface area contributed by atoms with Crippen molar-refractivity contribution < 1.29 is 0 Å². The minimum absolute atomic E-state index is 0. The Labute approximate surface area is 176 Å². The molecule has 0 aliphatic carbocycles. The molecule has 0 bridgehead atoms. The lowest BCUT2D eigenvalue weighted by Crippen LogP contribution is -2.47. The number of halogens is 1. The van der Waals surface area contributed by atoms with Gasteiger partial charge in [-0.05, 0) is 35.7 Å². The van der Waals surface area contributed by atoms with Gasteiger partial charge in [0, 0.05) is 37.9 Å². The van der Waals surface area contributed by atoms with Crippen LogP contribution in [-0.2, 0) is 19.4 Å². The third-order valence-electron chi connectivity index (χ3n) is 4.54. The number of fused-ring (bicyclic) bond motifs is 1. The quantitative estimate of drug-likeness (QED) is 0.373. The smallest absolute Gasteiger partial charge is 0.191 e. The second-order valence-corrected chi connectivity index (χ2v) is 7.32. The van der Waals surface area contributed by atoms with E-state index in [0.29, 0.717) is 12.0 Å². The molecule has 3 heterocycles. The van der Waals surface area contributed by atoms with Gasteiger partial charge in [0.05, 0.1) is 6.54 Å². The summed E-state index contributed by atoms with van der Waals surface area (Å²) in [5.41, 5.74) is 1.36. The maximum Gasteiger partial charge on any atom is 0.191 e. The second kappa shape index (κ2) is 10.2. The maximum absolute atomic E-state index is 4.79. The molecular formula is C18H29IN6S. The molecule has 8 heteroatoms. The zero-order chi connectivity index (χ0) is 17.6. The van der Waals surface area contributed by atoms with Crippen molar-refractivity contribution in [2.45, 2.75) is 58.5 Å². The van der Waals surface area contributed by atoms with Gasteiger partial charge in [-0.2, -0.15) is 16.4 Å². The van der Waals surface area contributed by atoms with Crippen LogP contribution in [0.4, 0.5) is 0 Å². The normalized spacial score (nSPS) is 18.0. The number of aryl methyl sites for hydroxylation is 2. The van der Waals surface area contributed by atoms with Crippen molar-refractivity contribution >= 4 is 41.3 Å². The van der Waals surface area contributed by atoms with Crippen molar-refractivity contribution in [3.63, 3.8) is 0 Å². The van der Waals surface area contributed by atoms with E-state index in [1.807, 2.05) is 0 Å². The molecule has 0 radical (unpaired) electrons. The average Bonchev–Trinajstić information content (AvgIpc) is 3.28. The fraction of sp³-hybridized carbons (Fsp3) is 0.611. The lowest BCUT2D eigenvalue weighted by Gasteiger charge is -2.25. The summed E-state index contributed by atoms with van der Waals surface area (Å²) in [6.07, 6.45) is 2.92. The van der Waals surface area contributed by atoms with E-state index in [0.717, 1.165) is 56.5 Å². The van der Waals surface area contributed by atoms with Gasteiger partial charge in [-0.25, -0.2) is 9.67 Å². The number of guanidine groups is 1. The molecule has 26 heavy (non-hydrogen) atoms. The maximum atomic E-state index is 4.79. The Morgan fingerprint density at radius 2 is 2.31 bits per heavy atom. The summed E-state index contributed by atoms with van der Waals surface area (Å²) >= 11 is 1.74. The summed E-state index contributed by atoms with van der Waals surface area (Å²) in [7, 11) is 0. The Bertz CT molecular complexity index is 697. The molecule has 0 spiro atoms.